The van der Waals surface area contributed by atoms with Crippen molar-refractivity contribution in [3.05, 3.63) is 40.2 Å². The highest BCUT2D eigenvalue weighted by atomic mass is 79.9. The lowest BCUT2D eigenvalue weighted by Gasteiger charge is -2.07. The Balaban J connectivity index is 2.28. The molecule has 5 nitrogen and oxygen atoms in total. The van der Waals surface area contributed by atoms with E-state index < -0.39 is 0 Å². The van der Waals surface area contributed by atoms with Crippen molar-refractivity contribution in [2.45, 2.75) is 0 Å². The van der Waals surface area contributed by atoms with Crippen molar-refractivity contribution in [2.24, 2.45) is 0 Å². The summed E-state index contributed by atoms with van der Waals surface area (Å²) in [6.07, 6.45) is 3.37. The fourth-order valence-corrected chi connectivity index (χ4v) is 2.36. The van der Waals surface area contributed by atoms with Gasteiger partial charge in [-0.3, -0.25) is 4.40 Å². The van der Waals surface area contributed by atoms with E-state index in [1.165, 1.54) is 0 Å². The van der Waals surface area contributed by atoms with Crippen molar-refractivity contribution in [2.75, 3.05) is 7.11 Å². The smallest absolute Gasteiger partial charge is 0.198 e. The summed E-state index contributed by atoms with van der Waals surface area (Å²) in [6, 6.07) is 5.70. The van der Waals surface area contributed by atoms with Gasteiger partial charge in [-0.25, -0.2) is 4.98 Å². The summed E-state index contributed by atoms with van der Waals surface area (Å²) in [4.78, 5) is 3.97. The zero-order valence-corrected chi connectivity index (χ0v) is 12.2. The van der Waals surface area contributed by atoms with Gasteiger partial charge in [-0.1, -0.05) is 27.5 Å². The minimum atomic E-state index is 0.317. The molecule has 1 aromatic carbocycles. The standard InChI is InChI=1S/C12H8BrClN4O/c1-19-9-6-7(13)2-3-8(9)11-16-17-12-10(14)15-4-5-18(11)12/h2-6H,1H3. The lowest BCUT2D eigenvalue weighted by Crippen LogP contribution is -1.94. The molecule has 7 heteroatoms. The highest BCUT2D eigenvalue weighted by Gasteiger charge is 2.14. The summed E-state index contributed by atoms with van der Waals surface area (Å²) in [7, 11) is 1.61. The fourth-order valence-electron chi connectivity index (χ4n) is 1.83. The number of hydrogen-bond acceptors (Lipinski definition) is 4. The van der Waals surface area contributed by atoms with E-state index in [0.29, 0.717) is 22.4 Å². The molecule has 96 valence electrons. The third-order valence-corrected chi connectivity index (χ3v) is 3.45. The maximum Gasteiger partial charge on any atom is 0.198 e. The maximum atomic E-state index is 5.98. The van der Waals surface area contributed by atoms with Crippen molar-refractivity contribution in [3.8, 4) is 17.1 Å². The molecule has 2 heterocycles. The molecular formula is C12H8BrClN4O. The van der Waals surface area contributed by atoms with Crippen molar-refractivity contribution < 1.29 is 4.74 Å². The number of rotatable bonds is 2. The Labute approximate surface area is 122 Å². The molecule has 19 heavy (non-hydrogen) atoms. The Morgan fingerprint density at radius 1 is 1.32 bits per heavy atom. The molecule has 2 aromatic heterocycles. The molecule has 0 atom stereocenters. The summed E-state index contributed by atoms with van der Waals surface area (Å²) in [5.74, 6) is 1.36. The fraction of sp³-hybridized carbons (Fsp3) is 0.0833. The van der Waals surface area contributed by atoms with Crippen LogP contribution in [-0.4, -0.2) is 26.7 Å². The molecule has 0 aliphatic rings. The van der Waals surface area contributed by atoms with Gasteiger partial charge in [0.05, 0.1) is 12.7 Å². The molecule has 0 unspecified atom stereocenters. The third-order valence-electron chi connectivity index (χ3n) is 2.69. The molecule has 0 spiro atoms. The molecule has 0 N–H and O–H groups in total. The first-order valence-corrected chi connectivity index (χ1v) is 6.57. The average Bonchev–Trinajstić information content (AvgIpc) is 2.84. The lowest BCUT2D eigenvalue weighted by molar-refractivity contribution is 0.416. The minimum Gasteiger partial charge on any atom is -0.496 e. The lowest BCUT2D eigenvalue weighted by atomic mass is 10.2. The Bertz CT molecular complexity index is 759. The molecule has 0 saturated carbocycles. The van der Waals surface area contributed by atoms with Crippen LogP contribution in [0.2, 0.25) is 5.15 Å². The van der Waals surface area contributed by atoms with Crippen LogP contribution in [0.15, 0.2) is 35.1 Å². The summed E-state index contributed by atoms with van der Waals surface area (Å²) in [5, 5.41) is 8.52. The molecule has 3 rings (SSSR count). The van der Waals surface area contributed by atoms with Crippen LogP contribution < -0.4 is 4.74 Å². The molecule has 0 saturated heterocycles. The van der Waals surface area contributed by atoms with E-state index in [1.54, 1.807) is 23.9 Å². The second-order valence-corrected chi connectivity index (χ2v) is 5.05. The van der Waals surface area contributed by atoms with Gasteiger partial charge >= 0.3 is 0 Å². The van der Waals surface area contributed by atoms with Crippen molar-refractivity contribution >= 4 is 33.2 Å². The first-order chi connectivity index (χ1) is 9.20. The van der Waals surface area contributed by atoms with E-state index in [0.717, 1.165) is 10.0 Å². The van der Waals surface area contributed by atoms with Crippen LogP contribution in [0.3, 0.4) is 0 Å². The second kappa shape index (κ2) is 4.79. The molecule has 0 radical (unpaired) electrons. The minimum absolute atomic E-state index is 0.317. The van der Waals surface area contributed by atoms with Crippen LogP contribution in [0.4, 0.5) is 0 Å². The Hall–Kier alpha value is -1.66. The number of aromatic nitrogens is 4. The molecule has 0 aliphatic heterocycles. The summed E-state index contributed by atoms with van der Waals surface area (Å²) >= 11 is 9.39. The first kappa shape index (κ1) is 12.4. The summed E-state index contributed by atoms with van der Waals surface area (Å²) in [5.41, 5.74) is 1.35. The van der Waals surface area contributed by atoms with Gasteiger partial charge in [-0.05, 0) is 18.2 Å². The van der Waals surface area contributed by atoms with E-state index in [1.807, 2.05) is 18.2 Å². The molecule has 0 aliphatic carbocycles. The van der Waals surface area contributed by atoms with Gasteiger partial charge in [0.2, 0.25) is 0 Å². The van der Waals surface area contributed by atoms with Gasteiger partial charge in [-0.15, -0.1) is 10.2 Å². The van der Waals surface area contributed by atoms with Crippen LogP contribution >= 0.6 is 27.5 Å². The zero-order chi connectivity index (χ0) is 13.4. The number of methoxy groups -OCH3 is 1. The number of hydrogen-bond donors (Lipinski definition) is 0. The Morgan fingerprint density at radius 3 is 2.95 bits per heavy atom. The monoisotopic (exact) mass is 338 g/mol. The summed E-state index contributed by atoms with van der Waals surface area (Å²) in [6.45, 7) is 0. The van der Waals surface area contributed by atoms with Gasteiger partial charge in [0.15, 0.2) is 16.6 Å². The van der Waals surface area contributed by atoms with Gasteiger partial charge in [0.25, 0.3) is 0 Å². The number of nitrogens with zero attached hydrogens (tertiary/aromatic N) is 4. The van der Waals surface area contributed by atoms with Crippen molar-refractivity contribution in [1.29, 1.82) is 0 Å². The van der Waals surface area contributed by atoms with E-state index in [4.69, 9.17) is 16.3 Å². The predicted octanol–water partition coefficient (Wildman–Crippen LogP) is 3.22. The molecular weight excluding hydrogens is 332 g/mol. The molecule has 3 aromatic rings. The van der Waals surface area contributed by atoms with E-state index in [9.17, 15) is 0 Å². The van der Waals surface area contributed by atoms with Crippen molar-refractivity contribution in [1.82, 2.24) is 19.6 Å². The molecule has 0 amide bonds. The van der Waals surface area contributed by atoms with Gasteiger partial charge in [0, 0.05) is 16.9 Å². The quantitative estimate of drug-likeness (QED) is 0.719. The SMILES string of the molecule is COc1cc(Br)ccc1-c1nnc2c(Cl)nccn12. The average molecular weight is 340 g/mol. The second-order valence-electron chi connectivity index (χ2n) is 3.78. The van der Waals surface area contributed by atoms with Crippen LogP contribution in [0.5, 0.6) is 5.75 Å². The first-order valence-electron chi connectivity index (χ1n) is 5.40. The van der Waals surface area contributed by atoms with Gasteiger partial charge < -0.3 is 4.74 Å². The van der Waals surface area contributed by atoms with Crippen LogP contribution in [0.25, 0.3) is 17.0 Å². The molecule has 0 bridgehead atoms. The number of benzene rings is 1. The number of ether oxygens (including phenoxy) is 1. The third kappa shape index (κ3) is 2.06. The normalized spacial score (nSPS) is 10.9. The number of fused-ring (bicyclic) bond motifs is 1. The van der Waals surface area contributed by atoms with E-state index in [-0.39, 0.29) is 0 Å². The van der Waals surface area contributed by atoms with E-state index in [2.05, 4.69) is 31.1 Å². The topological polar surface area (TPSA) is 52.3 Å². The zero-order valence-electron chi connectivity index (χ0n) is 9.84. The van der Waals surface area contributed by atoms with Crippen molar-refractivity contribution in [3.63, 3.8) is 0 Å². The molecule has 0 fully saturated rings. The highest BCUT2D eigenvalue weighted by molar-refractivity contribution is 9.10. The Morgan fingerprint density at radius 2 is 2.16 bits per heavy atom. The highest BCUT2D eigenvalue weighted by Crippen LogP contribution is 2.32. The largest absolute Gasteiger partial charge is 0.496 e. The van der Waals surface area contributed by atoms with E-state index >= 15 is 0 Å². The number of halogens is 2. The van der Waals surface area contributed by atoms with Crippen LogP contribution in [-0.2, 0) is 0 Å². The van der Waals surface area contributed by atoms with Crippen LogP contribution in [0, 0.1) is 0 Å². The van der Waals surface area contributed by atoms with Crippen LogP contribution in [0.1, 0.15) is 0 Å². The predicted molar refractivity (Wildman–Crippen MR) is 75.5 cm³/mol. The summed E-state index contributed by atoms with van der Waals surface area (Å²) < 4.78 is 8.08. The van der Waals surface area contributed by atoms with Gasteiger partial charge in [0.1, 0.15) is 5.75 Å². The maximum absolute atomic E-state index is 5.98. The van der Waals surface area contributed by atoms with Gasteiger partial charge in [-0.2, -0.15) is 0 Å². The Kier molecular flexibility index (Phi) is 3.12.